The van der Waals surface area contributed by atoms with Crippen molar-refractivity contribution in [1.82, 2.24) is 24.3 Å². The van der Waals surface area contributed by atoms with Crippen molar-refractivity contribution in [1.29, 1.82) is 0 Å². The van der Waals surface area contributed by atoms with Crippen molar-refractivity contribution in [2.45, 2.75) is 6.18 Å². The highest BCUT2D eigenvalue weighted by Gasteiger charge is 2.37. The third kappa shape index (κ3) is 3.09. The van der Waals surface area contributed by atoms with Crippen molar-refractivity contribution in [3.8, 4) is 28.2 Å². The summed E-state index contributed by atoms with van der Waals surface area (Å²) in [6.45, 7) is 0. The van der Waals surface area contributed by atoms with Gasteiger partial charge in [0.1, 0.15) is 18.2 Å². The summed E-state index contributed by atoms with van der Waals surface area (Å²) in [6.07, 6.45) is -1.72. The summed E-state index contributed by atoms with van der Waals surface area (Å²) in [7, 11) is 1.78. The van der Waals surface area contributed by atoms with Crippen LogP contribution >= 0.6 is 0 Å². The molecule has 0 atom stereocenters. The van der Waals surface area contributed by atoms with Gasteiger partial charge in [-0.15, -0.1) is 10.2 Å². The minimum Gasteiger partial charge on any atom is -0.398 e. The molecule has 2 heterocycles. The number of benzene rings is 3. The Morgan fingerprint density at radius 3 is 2.38 bits per heavy atom. The van der Waals surface area contributed by atoms with Gasteiger partial charge < -0.3 is 10.3 Å². The van der Waals surface area contributed by atoms with Crippen molar-refractivity contribution < 1.29 is 13.2 Å². The Kier molecular flexibility index (Phi) is 4.47. The smallest absolute Gasteiger partial charge is 0.398 e. The summed E-state index contributed by atoms with van der Waals surface area (Å²) < 4.78 is 45.1. The number of halogens is 3. The van der Waals surface area contributed by atoms with Crippen LogP contribution in [0.1, 0.15) is 5.56 Å². The molecule has 0 aliphatic carbocycles. The Morgan fingerprint density at radius 2 is 1.69 bits per heavy atom. The monoisotopic (exact) mass is 434 g/mol. The van der Waals surface area contributed by atoms with Crippen molar-refractivity contribution in [2.24, 2.45) is 7.05 Å². The number of alkyl halides is 3. The van der Waals surface area contributed by atoms with Crippen LogP contribution in [0.3, 0.4) is 0 Å². The molecule has 9 heteroatoms. The number of hydrogen-bond donors (Lipinski definition) is 1. The molecule has 0 saturated heterocycles. The fraction of sp³-hybridized carbons (Fsp3) is 0.0870. The predicted octanol–water partition coefficient (Wildman–Crippen LogP) is 5.09. The van der Waals surface area contributed by atoms with Crippen molar-refractivity contribution in [2.75, 3.05) is 5.73 Å². The molecule has 5 aromatic rings. The van der Waals surface area contributed by atoms with E-state index in [1.54, 1.807) is 30.1 Å². The molecule has 5 rings (SSSR count). The van der Waals surface area contributed by atoms with Crippen LogP contribution in [0.25, 0.3) is 39.2 Å². The first-order valence-corrected chi connectivity index (χ1v) is 9.72. The van der Waals surface area contributed by atoms with E-state index in [0.717, 1.165) is 11.1 Å². The maximum Gasteiger partial charge on any atom is 0.420 e. The molecule has 2 aromatic heterocycles. The second-order valence-corrected chi connectivity index (χ2v) is 7.34. The highest BCUT2D eigenvalue weighted by atomic mass is 19.4. The average Bonchev–Trinajstić information content (AvgIpc) is 3.38. The lowest BCUT2D eigenvalue weighted by atomic mass is 9.97. The summed E-state index contributed by atoms with van der Waals surface area (Å²) in [4.78, 5) is 4.22. The summed E-state index contributed by atoms with van der Waals surface area (Å²) in [6, 6.07) is 17.7. The third-order valence-electron chi connectivity index (χ3n) is 5.35. The SMILES string of the molecule is Cn1cnnc1-c1c(-c2ccccc2)cccc1-n1cnc2ccc(N)c(C(F)(F)F)c21. The zero-order chi connectivity index (χ0) is 22.5. The number of nitrogens with two attached hydrogens (primary N) is 1. The van der Waals surface area contributed by atoms with Gasteiger partial charge in [0.15, 0.2) is 5.82 Å². The average molecular weight is 434 g/mol. The second kappa shape index (κ2) is 7.23. The van der Waals surface area contributed by atoms with Gasteiger partial charge in [0.25, 0.3) is 0 Å². The van der Waals surface area contributed by atoms with Gasteiger partial charge in [0.2, 0.25) is 0 Å². The van der Waals surface area contributed by atoms with Crippen LogP contribution in [0.4, 0.5) is 18.9 Å². The van der Waals surface area contributed by atoms with E-state index in [0.29, 0.717) is 17.1 Å². The van der Waals surface area contributed by atoms with Gasteiger partial charge in [-0.1, -0.05) is 42.5 Å². The Hall–Kier alpha value is -4.14. The van der Waals surface area contributed by atoms with Crippen LogP contribution in [0.5, 0.6) is 0 Å². The van der Waals surface area contributed by atoms with Gasteiger partial charge in [0.05, 0.1) is 22.3 Å². The van der Waals surface area contributed by atoms with Crippen LogP contribution in [-0.2, 0) is 13.2 Å². The highest BCUT2D eigenvalue weighted by Crippen LogP contribution is 2.42. The second-order valence-electron chi connectivity index (χ2n) is 7.34. The van der Waals surface area contributed by atoms with Gasteiger partial charge in [-0.25, -0.2) is 4.98 Å². The molecule has 6 nitrogen and oxygen atoms in total. The molecule has 160 valence electrons. The quantitative estimate of drug-likeness (QED) is 0.402. The zero-order valence-corrected chi connectivity index (χ0v) is 16.9. The Balaban J connectivity index is 1.90. The molecule has 0 bridgehead atoms. The van der Waals surface area contributed by atoms with E-state index in [1.807, 2.05) is 36.4 Å². The van der Waals surface area contributed by atoms with Gasteiger partial charge in [-0.3, -0.25) is 4.57 Å². The van der Waals surface area contributed by atoms with E-state index >= 15 is 0 Å². The molecule has 3 aromatic carbocycles. The standard InChI is InChI=1S/C23H17F3N6/c1-31-13-29-30-22(31)19-15(14-6-3-2-4-7-14)8-5-9-18(19)32-12-28-17-11-10-16(27)20(21(17)32)23(24,25)26/h2-13H,27H2,1H3. The normalized spacial score (nSPS) is 11.9. The first-order valence-electron chi connectivity index (χ1n) is 9.72. The van der Waals surface area contributed by atoms with E-state index in [1.165, 1.54) is 23.0 Å². The molecule has 0 spiro atoms. The van der Waals surface area contributed by atoms with Crippen molar-refractivity contribution >= 4 is 16.7 Å². The first kappa shape index (κ1) is 19.8. The molecule has 0 saturated carbocycles. The van der Waals surface area contributed by atoms with Crippen LogP contribution < -0.4 is 5.73 Å². The molecule has 0 fully saturated rings. The Morgan fingerprint density at radius 1 is 0.906 bits per heavy atom. The van der Waals surface area contributed by atoms with E-state index in [9.17, 15) is 13.2 Å². The Bertz CT molecular complexity index is 1430. The summed E-state index contributed by atoms with van der Waals surface area (Å²) in [5.74, 6) is 0.513. The van der Waals surface area contributed by atoms with Crippen LogP contribution in [-0.4, -0.2) is 24.3 Å². The number of rotatable bonds is 3. The lowest BCUT2D eigenvalue weighted by Gasteiger charge is -2.18. The molecule has 0 aliphatic heterocycles. The van der Waals surface area contributed by atoms with E-state index in [-0.39, 0.29) is 16.7 Å². The first-order chi connectivity index (χ1) is 15.4. The molecule has 0 radical (unpaired) electrons. The number of imidazole rings is 1. The summed E-state index contributed by atoms with van der Waals surface area (Å²) in [5, 5.41) is 8.22. The maximum atomic E-state index is 14.0. The zero-order valence-electron chi connectivity index (χ0n) is 16.9. The maximum absolute atomic E-state index is 14.0. The molecular weight excluding hydrogens is 417 g/mol. The molecule has 32 heavy (non-hydrogen) atoms. The largest absolute Gasteiger partial charge is 0.420 e. The van der Waals surface area contributed by atoms with E-state index in [2.05, 4.69) is 15.2 Å². The number of nitrogen functional groups attached to an aromatic ring is 1. The van der Waals surface area contributed by atoms with Crippen LogP contribution in [0.2, 0.25) is 0 Å². The molecular formula is C23H17F3N6. The number of hydrogen-bond acceptors (Lipinski definition) is 4. The summed E-state index contributed by atoms with van der Waals surface area (Å²) in [5.41, 5.74) is 7.41. The molecule has 2 N–H and O–H groups in total. The number of nitrogens with zero attached hydrogens (tertiary/aromatic N) is 5. The number of anilines is 1. The number of aryl methyl sites for hydroxylation is 1. The fourth-order valence-electron chi connectivity index (χ4n) is 3.95. The number of fused-ring (bicyclic) bond motifs is 1. The highest BCUT2D eigenvalue weighted by molar-refractivity contribution is 5.91. The summed E-state index contributed by atoms with van der Waals surface area (Å²) >= 11 is 0. The van der Waals surface area contributed by atoms with Crippen molar-refractivity contribution in [3.63, 3.8) is 0 Å². The van der Waals surface area contributed by atoms with Gasteiger partial charge in [0, 0.05) is 12.7 Å². The fourth-order valence-corrected chi connectivity index (χ4v) is 3.95. The molecule has 0 unspecified atom stereocenters. The van der Waals surface area contributed by atoms with Gasteiger partial charge in [-0.2, -0.15) is 13.2 Å². The number of aromatic nitrogens is 5. The predicted molar refractivity (Wildman–Crippen MR) is 116 cm³/mol. The van der Waals surface area contributed by atoms with Crippen LogP contribution in [0.15, 0.2) is 73.3 Å². The Labute approximate surface area is 180 Å². The molecule has 0 aliphatic rings. The lowest BCUT2D eigenvalue weighted by molar-refractivity contribution is -0.135. The van der Waals surface area contributed by atoms with Crippen LogP contribution in [0, 0.1) is 0 Å². The lowest BCUT2D eigenvalue weighted by Crippen LogP contribution is -2.12. The van der Waals surface area contributed by atoms with E-state index < -0.39 is 11.7 Å². The molecule has 0 amide bonds. The third-order valence-corrected chi connectivity index (χ3v) is 5.35. The van der Waals surface area contributed by atoms with Gasteiger partial charge in [-0.05, 0) is 29.3 Å². The van der Waals surface area contributed by atoms with Crippen molar-refractivity contribution in [3.05, 3.63) is 78.9 Å². The minimum absolute atomic E-state index is 0.105. The van der Waals surface area contributed by atoms with Gasteiger partial charge >= 0.3 is 6.18 Å². The minimum atomic E-state index is -4.65. The topological polar surface area (TPSA) is 74.5 Å². The van der Waals surface area contributed by atoms with E-state index in [4.69, 9.17) is 5.73 Å².